The van der Waals surface area contributed by atoms with Crippen LogP contribution >= 0.6 is 0 Å². The largest absolute Gasteiger partial charge is 0.380 e. The number of aromatic nitrogens is 2. The number of methoxy groups -OCH3 is 1. The Bertz CT molecular complexity index is 610. The molecule has 0 spiro atoms. The summed E-state index contributed by atoms with van der Waals surface area (Å²) in [4.78, 5) is 4.55. The third-order valence-corrected chi connectivity index (χ3v) is 3.94. The fourth-order valence-corrected chi connectivity index (χ4v) is 2.93. The van der Waals surface area contributed by atoms with E-state index in [-0.39, 0.29) is 18.0 Å². The van der Waals surface area contributed by atoms with Crippen LogP contribution in [0.1, 0.15) is 31.6 Å². The Balaban J connectivity index is 2.05. The van der Waals surface area contributed by atoms with E-state index in [0.29, 0.717) is 5.52 Å². The zero-order valence-electron chi connectivity index (χ0n) is 11.9. The first-order valence-corrected chi connectivity index (χ1v) is 7.15. The number of imidazole rings is 1. The molecule has 4 nitrogen and oxygen atoms in total. The van der Waals surface area contributed by atoms with Crippen molar-refractivity contribution in [3.63, 3.8) is 0 Å². The average Bonchev–Trinajstić information content (AvgIpc) is 3.05. The topological polar surface area (TPSA) is 39.1 Å². The van der Waals surface area contributed by atoms with E-state index in [1.807, 2.05) is 6.07 Å². The number of para-hydroxylation sites is 1. The number of benzene rings is 1. The first kappa shape index (κ1) is 13.5. The van der Waals surface area contributed by atoms with Gasteiger partial charge in [0, 0.05) is 20.2 Å². The van der Waals surface area contributed by atoms with E-state index in [0.717, 1.165) is 37.3 Å². The molecule has 1 aliphatic heterocycles. The normalized spacial score (nSPS) is 22.8. The van der Waals surface area contributed by atoms with E-state index < -0.39 is 0 Å². The van der Waals surface area contributed by atoms with E-state index in [9.17, 15) is 4.39 Å². The maximum Gasteiger partial charge on any atom is 0.151 e. The minimum Gasteiger partial charge on any atom is -0.380 e. The fraction of sp³-hybridized carbons (Fsp3) is 0.533. The summed E-state index contributed by atoms with van der Waals surface area (Å²) in [6.07, 6.45) is 2.08. The van der Waals surface area contributed by atoms with Crippen LogP contribution in [0.4, 0.5) is 4.39 Å². The van der Waals surface area contributed by atoms with Gasteiger partial charge in [-0.2, -0.15) is 0 Å². The molecule has 5 heteroatoms. The van der Waals surface area contributed by atoms with E-state index in [2.05, 4.69) is 21.8 Å². The highest BCUT2D eigenvalue weighted by Gasteiger charge is 2.29. The third-order valence-electron chi connectivity index (χ3n) is 3.94. The molecule has 0 bridgehead atoms. The van der Waals surface area contributed by atoms with Crippen LogP contribution in [0.2, 0.25) is 0 Å². The number of halogens is 1. The van der Waals surface area contributed by atoms with Crippen LogP contribution in [0, 0.1) is 5.82 Å². The first-order valence-electron chi connectivity index (χ1n) is 7.15. The molecule has 1 fully saturated rings. The predicted molar refractivity (Wildman–Crippen MR) is 76.1 cm³/mol. The SMILES string of the molecule is CCCn1c(C2CC(OC)CN2)nc2c(F)cccc21. The molecule has 1 aliphatic rings. The maximum absolute atomic E-state index is 13.9. The van der Waals surface area contributed by atoms with Crippen LogP contribution in [0.3, 0.4) is 0 Å². The minimum atomic E-state index is -0.250. The number of aryl methyl sites for hydroxylation is 1. The molecule has 0 amide bonds. The Morgan fingerprint density at radius 2 is 2.35 bits per heavy atom. The van der Waals surface area contributed by atoms with Gasteiger partial charge in [0.15, 0.2) is 5.82 Å². The van der Waals surface area contributed by atoms with Crippen LogP contribution in [0.5, 0.6) is 0 Å². The van der Waals surface area contributed by atoms with Crippen molar-refractivity contribution in [3.05, 3.63) is 29.8 Å². The van der Waals surface area contributed by atoms with Crippen molar-refractivity contribution >= 4 is 11.0 Å². The number of nitrogens with zero attached hydrogens (tertiary/aromatic N) is 2. The van der Waals surface area contributed by atoms with Crippen molar-refractivity contribution in [1.82, 2.24) is 14.9 Å². The molecule has 108 valence electrons. The molecule has 1 saturated heterocycles. The minimum absolute atomic E-state index is 0.137. The summed E-state index contributed by atoms with van der Waals surface area (Å²) in [6, 6.07) is 5.29. The van der Waals surface area contributed by atoms with E-state index >= 15 is 0 Å². The molecule has 1 aromatic heterocycles. The lowest BCUT2D eigenvalue weighted by atomic mass is 10.2. The summed E-state index contributed by atoms with van der Waals surface area (Å²) in [5.41, 5.74) is 1.35. The van der Waals surface area contributed by atoms with Gasteiger partial charge in [-0.15, -0.1) is 0 Å². The summed E-state index contributed by atoms with van der Waals surface area (Å²) in [5.74, 6) is 0.673. The molecule has 20 heavy (non-hydrogen) atoms. The van der Waals surface area contributed by atoms with Crippen LogP contribution in [-0.4, -0.2) is 29.3 Å². The van der Waals surface area contributed by atoms with Crippen molar-refractivity contribution in [2.45, 2.75) is 38.5 Å². The molecule has 1 aromatic carbocycles. The van der Waals surface area contributed by atoms with E-state index in [4.69, 9.17) is 4.74 Å². The summed E-state index contributed by atoms with van der Waals surface area (Å²) in [6.45, 7) is 3.79. The lowest BCUT2D eigenvalue weighted by Gasteiger charge is -2.13. The molecule has 0 aliphatic carbocycles. The quantitative estimate of drug-likeness (QED) is 0.933. The lowest BCUT2D eigenvalue weighted by Crippen LogP contribution is -2.19. The van der Waals surface area contributed by atoms with Crippen LogP contribution in [0.25, 0.3) is 11.0 Å². The van der Waals surface area contributed by atoms with Crippen LogP contribution in [0.15, 0.2) is 18.2 Å². The monoisotopic (exact) mass is 277 g/mol. The smallest absolute Gasteiger partial charge is 0.151 e. The summed E-state index contributed by atoms with van der Waals surface area (Å²) >= 11 is 0. The van der Waals surface area contributed by atoms with Crippen molar-refractivity contribution < 1.29 is 9.13 Å². The average molecular weight is 277 g/mol. The molecule has 2 unspecified atom stereocenters. The fourth-order valence-electron chi connectivity index (χ4n) is 2.93. The zero-order chi connectivity index (χ0) is 14.1. The molecule has 2 atom stereocenters. The van der Waals surface area contributed by atoms with Crippen LogP contribution < -0.4 is 5.32 Å². The van der Waals surface area contributed by atoms with Crippen molar-refractivity contribution in [2.75, 3.05) is 13.7 Å². The molecular weight excluding hydrogens is 257 g/mol. The molecule has 3 rings (SSSR count). The second kappa shape index (κ2) is 5.50. The number of rotatable bonds is 4. The van der Waals surface area contributed by atoms with Gasteiger partial charge < -0.3 is 14.6 Å². The van der Waals surface area contributed by atoms with Gasteiger partial charge in [0.1, 0.15) is 11.3 Å². The summed E-state index contributed by atoms with van der Waals surface area (Å²) in [5, 5.41) is 3.42. The number of hydrogen-bond donors (Lipinski definition) is 1. The van der Waals surface area contributed by atoms with E-state index in [1.165, 1.54) is 6.07 Å². The van der Waals surface area contributed by atoms with Gasteiger partial charge in [0.05, 0.1) is 17.7 Å². The number of ether oxygens (including phenoxy) is 1. The van der Waals surface area contributed by atoms with Crippen LogP contribution in [-0.2, 0) is 11.3 Å². The Kier molecular flexibility index (Phi) is 3.72. The highest BCUT2D eigenvalue weighted by Crippen LogP contribution is 2.28. The van der Waals surface area contributed by atoms with Crippen molar-refractivity contribution in [3.8, 4) is 0 Å². The van der Waals surface area contributed by atoms with Gasteiger partial charge in [0.25, 0.3) is 0 Å². The Labute approximate surface area is 117 Å². The maximum atomic E-state index is 13.9. The predicted octanol–water partition coefficient (Wildman–Crippen LogP) is 2.63. The number of nitrogens with one attached hydrogen (secondary N) is 1. The number of fused-ring (bicyclic) bond motifs is 1. The lowest BCUT2D eigenvalue weighted by molar-refractivity contribution is 0.117. The third kappa shape index (κ3) is 2.21. The summed E-state index contributed by atoms with van der Waals surface area (Å²) < 4.78 is 21.4. The number of hydrogen-bond acceptors (Lipinski definition) is 3. The van der Waals surface area contributed by atoms with Gasteiger partial charge in [-0.1, -0.05) is 13.0 Å². The Morgan fingerprint density at radius 1 is 1.50 bits per heavy atom. The standard InChI is InChI=1S/C15H20FN3O/c1-3-7-19-13-6-4-5-11(16)14(13)18-15(19)12-8-10(20-2)9-17-12/h4-6,10,12,17H,3,7-9H2,1-2H3. The molecule has 0 radical (unpaired) electrons. The first-order chi connectivity index (χ1) is 9.74. The molecule has 2 heterocycles. The molecule has 2 aromatic rings. The molecule has 1 N–H and O–H groups in total. The Hall–Kier alpha value is -1.46. The van der Waals surface area contributed by atoms with E-state index in [1.54, 1.807) is 13.2 Å². The molecular formula is C15H20FN3O. The van der Waals surface area contributed by atoms with Gasteiger partial charge in [0.2, 0.25) is 0 Å². The van der Waals surface area contributed by atoms with Crippen molar-refractivity contribution in [1.29, 1.82) is 0 Å². The second-order valence-electron chi connectivity index (χ2n) is 5.28. The van der Waals surface area contributed by atoms with Gasteiger partial charge in [-0.05, 0) is 25.0 Å². The van der Waals surface area contributed by atoms with Gasteiger partial charge in [-0.3, -0.25) is 0 Å². The second-order valence-corrected chi connectivity index (χ2v) is 5.28. The van der Waals surface area contributed by atoms with Crippen molar-refractivity contribution in [2.24, 2.45) is 0 Å². The Morgan fingerprint density at radius 3 is 3.05 bits per heavy atom. The van der Waals surface area contributed by atoms with Gasteiger partial charge in [-0.25, -0.2) is 9.37 Å². The highest BCUT2D eigenvalue weighted by atomic mass is 19.1. The highest BCUT2D eigenvalue weighted by molar-refractivity contribution is 5.76. The summed E-state index contributed by atoms with van der Waals surface area (Å²) in [7, 11) is 1.73. The van der Waals surface area contributed by atoms with Gasteiger partial charge >= 0.3 is 0 Å². The molecule has 0 saturated carbocycles. The zero-order valence-corrected chi connectivity index (χ0v) is 11.9.